The number of amides is 2. The lowest BCUT2D eigenvalue weighted by Crippen LogP contribution is -2.23. The van der Waals surface area contributed by atoms with Crippen LogP contribution in [0.2, 0.25) is 0 Å². The van der Waals surface area contributed by atoms with Gasteiger partial charge in [-0.1, -0.05) is 18.2 Å². The Hall–Kier alpha value is -3.46. The van der Waals surface area contributed by atoms with Gasteiger partial charge in [-0.05, 0) is 24.6 Å². The lowest BCUT2D eigenvalue weighted by molar-refractivity contribution is -0.121. The van der Waals surface area contributed by atoms with Crippen LogP contribution in [-0.4, -0.2) is 28.9 Å². The van der Waals surface area contributed by atoms with Gasteiger partial charge in [0.15, 0.2) is 5.13 Å². The first kappa shape index (κ1) is 20.3. The number of carbonyl (C=O) groups excluding carboxylic acids is 2. The van der Waals surface area contributed by atoms with Gasteiger partial charge in [0.25, 0.3) is 11.5 Å². The second-order valence-electron chi connectivity index (χ2n) is 6.10. The normalized spacial score (nSPS) is 10.4. The Kier molecular flexibility index (Phi) is 6.75. The quantitative estimate of drug-likeness (QED) is 0.526. The summed E-state index contributed by atoms with van der Waals surface area (Å²) in [5.41, 5.74) is 1.14. The summed E-state index contributed by atoms with van der Waals surface area (Å²) >= 11 is 1.24. The summed E-state index contributed by atoms with van der Waals surface area (Å²) in [4.78, 5) is 42.7. The number of para-hydroxylation sites is 1. The molecule has 2 aromatic heterocycles. The molecule has 3 aromatic rings. The van der Waals surface area contributed by atoms with Gasteiger partial charge in [0, 0.05) is 30.1 Å². The Labute approximate surface area is 171 Å². The molecule has 150 valence electrons. The molecule has 0 fully saturated rings. The Bertz CT molecular complexity index is 1060. The Morgan fingerprint density at radius 1 is 1.21 bits per heavy atom. The molecule has 0 aliphatic rings. The highest BCUT2D eigenvalue weighted by Gasteiger charge is 2.13. The van der Waals surface area contributed by atoms with Gasteiger partial charge in [0.1, 0.15) is 11.3 Å². The van der Waals surface area contributed by atoms with Gasteiger partial charge in [-0.2, -0.15) is 0 Å². The molecule has 0 spiro atoms. The third-order valence-electron chi connectivity index (χ3n) is 4.11. The molecule has 3 rings (SSSR count). The third-order valence-corrected chi connectivity index (χ3v) is 4.92. The number of hydrogen-bond acceptors (Lipinski definition) is 6. The number of nitrogens with one attached hydrogen (secondary N) is 3. The first-order valence-corrected chi connectivity index (χ1v) is 9.77. The van der Waals surface area contributed by atoms with Crippen molar-refractivity contribution in [1.82, 2.24) is 15.3 Å². The van der Waals surface area contributed by atoms with Crippen molar-refractivity contribution in [2.24, 2.45) is 0 Å². The summed E-state index contributed by atoms with van der Waals surface area (Å²) in [6, 6.07) is 10.5. The number of methoxy groups -OCH3 is 1. The number of carbonyl (C=O) groups is 2. The summed E-state index contributed by atoms with van der Waals surface area (Å²) in [5, 5.41) is 7.61. The fourth-order valence-electron chi connectivity index (χ4n) is 2.62. The maximum atomic E-state index is 12.1. The van der Waals surface area contributed by atoms with E-state index in [0.29, 0.717) is 23.8 Å². The molecular formula is C20H20N4O4S. The second kappa shape index (κ2) is 9.65. The molecule has 0 unspecified atom stereocenters. The van der Waals surface area contributed by atoms with Crippen molar-refractivity contribution in [3.05, 3.63) is 75.1 Å². The van der Waals surface area contributed by atoms with E-state index < -0.39 is 11.5 Å². The maximum Gasteiger partial charge on any atom is 0.263 e. The molecule has 0 atom stereocenters. The van der Waals surface area contributed by atoms with Crippen molar-refractivity contribution < 1.29 is 14.3 Å². The Morgan fingerprint density at radius 3 is 2.83 bits per heavy atom. The molecule has 2 heterocycles. The van der Waals surface area contributed by atoms with Gasteiger partial charge in [0.2, 0.25) is 5.91 Å². The smallest absolute Gasteiger partial charge is 0.263 e. The number of benzene rings is 1. The van der Waals surface area contributed by atoms with E-state index in [4.69, 9.17) is 4.74 Å². The molecule has 2 amide bonds. The minimum atomic E-state index is -0.526. The van der Waals surface area contributed by atoms with E-state index in [0.717, 1.165) is 11.3 Å². The number of nitrogens with zero attached hydrogens (tertiary/aromatic N) is 1. The summed E-state index contributed by atoms with van der Waals surface area (Å²) in [7, 11) is 1.59. The van der Waals surface area contributed by atoms with Crippen LogP contribution in [0.1, 0.15) is 28.0 Å². The minimum absolute atomic E-state index is 0.0139. The molecule has 0 radical (unpaired) electrons. The molecule has 29 heavy (non-hydrogen) atoms. The summed E-state index contributed by atoms with van der Waals surface area (Å²) < 4.78 is 5.26. The van der Waals surface area contributed by atoms with Crippen molar-refractivity contribution in [2.45, 2.75) is 19.4 Å². The van der Waals surface area contributed by atoms with E-state index >= 15 is 0 Å². The van der Waals surface area contributed by atoms with Crippen molar-refractivity contribution in [2.75, 3.05) is 12.4 Å². The van der Waals surface area contributed by atoms with Gasteiger partial charge in [0.05, 0.1) is 12.8 Å². The van der Waals surface area contributed by atoms with E-state index in [9.17, 15) is 14.4 Å². The summed E-state index contributed by atoms with van der Waals surface area (Å²) in [6.07, 6.45) is 2.17. The van der Waals surface area contributed by atoms with E-state index in [2.05, 4.69) is 20.6 Å². The minimum Gasteiger partial charge on any atom is -0.496 e. The molecule has 0 aliphatic heterocycles. The molecule has 0 bridgehead atoms. The lowest BCUT2D eigenvalue weighted by Gasteiger charge is -2.09. The number of pyridine rings is 1. The van der Waals surface area contributed by atoms with Crippen LogP contribution in [0.4, 0.5) is 5.13 Å². The average molecular weight is 412 g/mol. The van der Waals surface area contributed by atoms with Crippen molar-refractivity contribution in [1.29, 1.82) is 0 Å². The summed E-state index contributed by atoms with van der Waals surface area (Å²) in [6.45, 7) is 0.382. The van der Waals surface area contributed by atoms with Gasteiger partial charge in [-0.25, -0.2) is 4.98 Å². The maximum absolute atomic E-state index is 12.1. The zero-order chi connectivity index (χ0) is 20.6. The highest BCUT2D eigenvalue weighted by molar-refractivity contribution is 7.14. The monoisotopic (exact) mass is 412 g/mol. The molecule has 0 aliphatic carbocycles. The zero-order valence-corrected chi connectivity index (χ0v) is 16.5. The number of aryl methyl sites for hydroxylation is 1. The first-order chi connectivity index (χ1) is 14.1. The SMILES string of the molecule is COc1ccccc1CNC(=O)CCc1csc(NC(=O)c2ccc[nH]c2=O)n1. The third kappa shape index (κ3) is 5.52. The Morgan fingerprint density at radius 2 is 2.03 bits per heavy atom. The first-order valence-electron chi connectivity index (χ1n) is 8.89. The molecule has 3 N–H and O–H groups in total. The molecule has 0 saturated heterocycles. The second-order valence-corrected chi connectivity index (χ2v) is 6.96. The van der Waals surface area contributed by atoms with E-state index in [1.54, 1.807) is 18.6 Å². The highest BCUT2D eigenvalue weighted by Crippen LogP contribution is 2.18. The number of aromatic nitrogens is 2. The molecule has 9 heteroatoms. The molecule has 0 saturated carbocycles. The van der Waals surface area contributed by atoms with Crippen LogP contribution >= 0.6 is 11.3 Å². The number of anilines is 1. The highest BCUT2D eigenvalue weighted by atomic mass is 32.1. The fourth-order valence-corrected chi connectivity index (χ4v) is 3.36. The molecular weight excluding hydrogens is 392 g/mol. The summed E-state index contributed by atoms with van der Waals surface area (Å²) in [5.74, 6) is 0.0950. The van der Waals surface area contributed by atoms with Gasteiger partial charge >= 0.3 is 0 Å². The predicted molar refractivity (Wildman–Crippen MR) is 110 cm³/mol. The lowest BCUT2D eigenvalue weighted by atomic mass is 10.2. The number of rotatable bonds is 8. The van der Waals surface area contributed by atoms with Crippen LogP contribution in [0.3, 0.4) is 0 Å². The van der Waals surface area contributed by atoms with E-state index in [1.807, 2.05) is 24.3 Å². The van der Waals surface area contributed by atoms with Crippen LogP contribution < -0.4 is 20.9 Å². The molecule has 8 nitrogen and oxygen atoms in total. The molecule has 1 aromatic carbocycles. The van der Waals surface area contributed by atoms with Crippen molar-refractivity contribution in [3.8, 4) is 5.75 Å². The number of aromatic amines is 1. The van der Waals surface area contributed by atoms with E-state index in [-0.39, 0.29) is 17.9 Å². The number of hydrogen-bond donors (Lipinski definition) is 3. The van der Waals surface area contributed by atoms with Gasteiger partial charge in [-0.3, -0.25) is 19.7 Å². The van der Waals surface area contributed by atoms with Gasteiger partial charge < -0.3 is 15.0 Å². The largest absolute Gasteiger partial charge is 0.496 e. The van der Waals surface area contributed by atoms with Crippen LogP contribution in [0, 0.1) is 0 Å². The zero-order valence-electron chi connectivity index (χ0n) is 15.7. The van der Waals surface area contributed by atoms with Crippen LogP contribution in [0.15, 0.2) is 52.8 Å². The fraction of sp³-hybridized carbons (Fsp3) is 0.200. The van der Waals surface area contributed by atoms with Crippen molar-refractivity contribution in [3.63, 3.8) is 0 Å². The number of thiazole rings is 1. The number of H-pyrrole nitrogens is 1. The topological polar surface area (TPSA) is 113 Å². The Balaban J connectivity index is 1.49. The van der Waals surface area contributed by atoms with Crippen LogP contribution in [0.5, 0.6) is 5.75 Å². The standard InChI is InChI=1S/C20H20N4O4S/c1-28-16-7-3-2-5-13(16)11-22-17(25)9-8-14-12-29-20(23-14)24-19(27)15-6-4-10-21-18(15)26/h2-7,10,12H,8-9,11H2,1H3,(H,21,26)(H,22,25)(H,23,24,27). The van der Waals surface area contributed by atoms with Crippen LogP contribution in [0.25, 0.3) is 0 Å². The predicted octanol–water partition coefficient (Wildman–Crippen LogP) is 2.34. The number of ether oxygens (including phenoxy) is 1. The average Bonchev–Trinajstić information content (AvgIpc) is 3.18. The van der Waals surface area contributed by atoms with Crippen LogP contribution in [-0.2, 0) is 17.8 Å². The van der Waals surface area contributed by atoms with Crippen molar-refractivity contribution >= 4 is 28.3 Å². The van der Waals surface area contributed by atoms with E-state index in [1.165, 1.54) is 23.6 Å². The van der Waals surface area contributed by atoms with Gasteiger partial charge in [-0.15, -0.1) is 11.3 Å².